The van der Waals surface area contributed by atoms with Crippen LogP contribution in [0.15, 0.2) is 16.6 Å². The number of hydrogen-bond acceptors (Lipinski definition) is 4. The van der Waals surface area contributed by atoms with E-state index in [2.05, 4.69) is 21.2 Å². The van der Waals surface area contributed by atoms with E-state index in [0.29, 0.717) is 13.2 Å². The number of nitrogens with two attached hydrogens (primary N) is 1. The summed E-state index contributed by atoms with van der Waals surface area (Å²) in [6.07, 6.45) is 2.59. The number of halogens is 1. The molecule has 0 aromatic heterocycles. The summed E-state index contributed by atoms with van der Waals surface area (Å²) >= 11 is 3.55. The van der Waals surface area contributed by atoms with Crippen molar-refractivity contribution in [2.24, 2.45) is 11.7 Å². The molecule has 1 aromatic rings. The molecule has 0 saturated heterocycles. The lowest BCUT2D eigenvalue weighted by Gasteiger charge is -2.23. The second kappa shape index (κ2) is 6.46. The van der Waals surface area contributed by atoms with Crippen molar-refractivity contribution in [3.8, 4) is 11.5 Å². The van der Waals surface area contributed by atoms with E-state index >= 15 is 0 Å². The molecule has 0 unspecified atom stereocenters. The number of ether oxygens (including phenoxy) is 2. The van der Waals surface area contributed by atoms with E-state index in [0.717, 1.165) is 40.8 Å². The van der Waals surface area contributed by atoms with Crippen molar-refractivity contribution in [2.45, 2.75) is 38.3 Å². The number of rotatable bonds is 3. The van der Waals surface area contributed by atoms with Gasteiger partial charge in [0.05, 0.1) is 6.04 Å². The molecule has 1 amide bonds. The van der Waals surface area contributed by atoms with Gasteiger partial charge >= 0.3 is 0 Å². The van der Waals surface area contributed by atoms with Crippen LogP contribution in [0.25, 0.3) is 0 Å². The Morgan fingerprint density at radius 3 is 2.64 bits per heavy atom. The van der Waals surface area contributed by atoms with Crippen LogP contribution in [0.1, 0.15) is 37.8 Å². The number of hydrogen-bond donors (Lipinski definition) is 2. The molecular formula is C16H21BrN2O3. The van der Waals surface area contributed by atoms with Gasteiger partial charge in [-0.3, -0.25) is 4.79 Å². The highest BCUT2D eigenvalue weighted by Gasteiger charge is 2.29. The molecule has 3 atom stereocenters. The number of carbonyl (C=O) groups excluding carboxylic acids is 1. The Morgan fingerprint density at radius 2 is 2.00 bits per heavy atom. The van der Waals surface area contributed by atoms with Gasteiger partial charge in [-0.2, -0.15) is 0 Å². The van der Waals surface area contributed by atoms with Crippen molar-refractivity contribution in [1.82, 2.24) is 5.32 Å². The molecule has 1 saturated carbocycles. The zero-order valence-corrected chi connectivity index (χ0v) is 14.2. The van der Waals surface area contributed by atoms with Gasteiger partial charge in [0.25, 0.3) is 0 Å². The molecule has 2 aliphatic rings. The largest absolute Gasteiger partial charge is 0.486 e. The van der Waals surface area contributed by atoms with Crippen molar-refractivity contribution >= 4 is 21.8 Å². The van der Waals surface area contributed by atoms with Crippen LogP contribution in [-0.2, 0) is 4.79 Å². The van der Waals surface area contributed by atoms with Crippen LogP contribution in [0, 0.1) is 5.92 Å². The summed E-state index contributed by atoms with van der Waals surface area (Å²) in [6, 6.07) is 3.89. The first kappa shape index (κ1) is 15.6. The van der Waals surface area contributed by atoms with Gasteiger partial charge in [-0.05, 0) is 43.9 Å². The van der Waals surface area contributed by atoms with Gasteiger partial charge in [-0.1, -0.05) is 15.9 Å². The van der Waals surface area contributed by atoms with E-state index in [9.17, 15) is 4.79 Å². The number of benzene rings is 1. The second-order valence-corrected chi connectivity index (χ2v) is 6.87. The molecule has 1 aliphatic heterocycles. The highest BCUT2D eigenvalue weighted by atomic mass is 79.9. The maximum atomic E-state index is 12.3. The van der Waals surface area contributed by atoms with Crippen molar-refractivity contribution < 1.29 is 14.3 Å². The maximum absolute atomic E-state index is 12.3. The monoisotopic (exact) mass is 368 g/mol. The third-order valence-electron chi connectivity index (χ3n) is 4.33. The average Bonchev–Trinajstić information content (AvgIpc) is 2.93. The average molecular weight is 369 g/mol. The van der Waals surface area contributed by atoms with Gasteiger partial charge < -0.3 is 20.5 Å². The SMILES string of the molecule is C[C@H](NC(=O)[C@@H]1CC[C@H](N)C1)c1cc2c(cc1Br)OCCO2. The van der Waals surface area contributed by atoms with E-state index in [-0.39, 0.29) is 23.9 Å². The van der Waals surface area contributed by atoms with Crippen LogP contribution in [-0.4, -0.2) is 25.2 Å². The molecule has 120 valence electrons. The highest BCUT2D eigenvalue weighted by molar-refractivity contribution is 9.10. The molecule has 1 aromatic carbocycles. The Labute approximate surface area is 138 Å². The predicted molar refractivity (Wildman–Crippen MR) is 87.0 cm³/mol. The van der Waals surface area contributed by atoms with Crippen LogP contribution < -0.4 is 20.5 Å². The van der Waals surface area contributed by atoms with Gasteiger partial charge in [0.1, 0.15) is 13.2 Å². The molecule has 1 heterocycles. The summed E-state index contributed by atoms with van der Waals surface area (Å²) in [5.74, 6) is 1.59. The van der Waals surface area contributed by atoms with E-state index in [1.807, 2.05) is 19.1 Å². The molecule has 0 spiro atoms. The third-order valence-corrected chi connectivity index (χ3v) is 5.02. The predicted octanol–water partition coefficient (Wildman–Crippen LogP) is 2.52. The van der Waals surface area contributed by atoms with E-state index in [1.165, 1.54) is 0 Å². The normalized spacial score (nSPS) is 24.9. The Morgan fingerprint density at radius 1 is 1.32 bits per heavy atom. The minimum absolute atomic E-state index is 0.0356. The maximum Gasteiger partial charge on any atom is 0.223 e. The smallest absolute Gasteiger partial charge is 0.223 e. The summed E-state index contributed by atoms with van der Waals surface area (Å²) in [6.45, 7) is 3.09. The fourth-order valence-corrected chi connectivity index (χ4v) is 3.74. The molecule has 0 radical (unpaired) electrons. The van der Waals surface area contributed by atoms with Crippen molar-refractivity contribution in [3.05, 3.63) is 22.2 Å². The van der Waals surface area contributed by atoms with E-state index in [1.54, 1.807) is 0 Å². The van der Waals surface area contributed by atoms with Gasteiger partial charge in [0.2, 0.25) is 5.91 Å². The first-order valence-electron chi connectivity index (χ1n) is 7.69. The summed E-state index contributed by atoms with van der Waals surface area (Å²) in [7, 11) is 0. The van der Waals surface area contributed by atoms with Gasteiger partial charge in [-0.15, -0.1) is 0 Å². The molecule has 1 fully saturated rings. The topological polar surface area (TPSA) is 73.6 Å². The summed E-state index contributed by atoms with van der Waals surface area (Å²) in [5.41, 5.74) is 6.87. The van der Waals surface area contributed by atoms with E-state index < -0.39 is 0 Å². The molecule has 1 aliphatic carbocycles. The molecule has 3 rings (SSSR count). The van der Waals surface area contributed by atoms with Gasteiger partial charge in [-0.25, -0.2) is 0 Å². The second-order valence-electron chi connectivity index (χ2n) is 6.02. The van der Waals surface area contributed by atoms with Crippen LogP contribution in [0.2, 0.25) is 0 Å². The van der Waals surface area contributed by atoms with Crippen LogP contribution in [0.5, 0.6) is 11.5 Å². The Balaban J connectivity index is 1.71. The number of carbonyl (C=O) groups is 1. The Hall–Kier alpha value is -1.27. The van der Waals surface area contributed by atoms with Crippen molar-refractivity contribution in [3.63, 3.8) is 0 Å². The fourth-order valence-electron chi connectivity index (χ4n) is 3.08. The zero-order valence-electron chi connectivity index (χ0n) is 12.6. The molecule has 6 heteroatoms. The van der Waals surface area contributed by atoms with Crippen LogP contribution in [0.3, 0.4) is 0 Å². The van der Waals surface area contributed by atoms with Gasteiger partial charge in [0.15, 0.2) is 11.5 Å². The molecule has 3 N–H and O–H groups in total. The standard InChI is InChI=1S/C16H21BrN2O3/c1-9(19-16(20)10-2-3-11(18)6-10)12-7-14-15(8-13(12)17)22-5-4-21-14/h7-11H,2-6,18H2,1H3,(H,19,20)/t9-,10+,11-/m0/s1. The molecule has 5 nitrogen and oxygen atoms in total. The lowest BCUT2D eigenvalue weighted by molar-refractivity contribution is -0.125. The lowest BCUT2D eigenvalue weighted by Crippen LogP contribution is -2.32. The van der Waals surface area contributed by atoms with Gasteiger partial charge in [0, 0.05) is 16.4 Å². The van der Waals surface area contributed by atoms with Crippen molar-refractivity contribution in [2.75, 3.05) is 13.2 Å². The minimum Gasteiger partial charge on any atom is -0.486 e. The summed E-state index contributed by atoms with van der Waals surface area (Å²) in [4.78, 5) is 12.3. The van der Waals surface area contributed by atoms with E-state index in [4.69, 9.17) is 15.2 Å². The molecule has 0 bridgehead atoms. The molecular weight excluding hydrogens is 348 g/mol. The first-order valence-corrected chi connectivity index (χ1v) is 8.49. The summed E-state index contributed by atoms with van der Waals surface area (Å²) in [5, 5.41) is 3.09. The summed E-state index contributed by atoms with van der Waals surface area (Å²) < 4.78 is 12.1. The lowest BCUT2D eigenvalue weighted by atomic mass is 10.0. The quantitative estimate of drug-likeness (QED) is 0.859. The highest BCUT2D eigenvalue weighted by Crippen LogP contribution is 2.38. The van der Waals surface area contributed by atoms with Crippen molar-refractivity contribution in [1.29, 1.82) is 0 Å². The number of amides is 1. The minimum atomic E-state index is -0.102. The Kier molecular flexibility index (Phi) is 4.59. The third kappa shape index (κ3) is 3.22. The number of nitrogens with one attached hydrogen (secondary N) is 1. The molecule has 22 heavy (non-hydrogen) atoms. The Bertz CT molecular complexity index is 579. The number of fused-ring (bicyclic) bond motifs is 1. The van der Waals surface area contributed by atoms with Crippen LogP contribution >= 0.6 is 15.9 Å². The zero-order chi connectivity index (χ0) is 15.7. The first-order chi connectivity index (χ1) is 10.5. The van der Waals surface area contributed by atoms with Crippen LogP contribution in [0.4, 0.5) is 0 Å². The fraction of sp³-hybridized carbons (Fsp3) is 0.562.